The van der Waals surface area contributed by atoms with Crippen molar-refractivity contribution >= 4 is 17.8 Å². The van der Waals surface area contributed by atoms with Crippen molar-refractivity contribution in [2.75, 3.05) is 34.9 Å². The van der Waals surface area contributed by atoms with Crippen molar-refractivity contribution in [3.05, 3.63) is 89.5 Å². The van der Waals surface area contributed by atoms with Crippen LogP contribution in [-0.4, -0.2) is 35.1 Å². The predicted octanol–water partition coefficient (Wildman–Crippen LogP) is 7.02. The molecule has 0 N–H and O–H groups in total. The molecule has 0 fully saturated rings. The first kappa shape index (κ1) is 30.4. The smallest absolute Gasteiger partial charge is 0.234 e. The van der Waals surface area contributed by atoms with Crippen LogP contribution in [0.15, 0.2) is 72.8 Å². The SMILES string of the molecule is CC.CC.CC.c1ccc2c(c1)CN(c1nc(N3COc4ccccc4C3)nc(N3COc4ccccc4C3)n1)CO2. The Morgan fingerprint density at radius 2 is 0.690 bits per heavy atom. The molecule has 0 bridgehead atoms. The zero-order valence-electron chi connectivity index (χ0n) is 25.6. The second-order valence-corrected chi connectivity index (χ2v) is 8.97. The molecule has 3 aliphatic heterocycles. The molecule has 0 radical (unpaired) electrons. The van der Waals surface area contributed by atoms with Gasteiger partial charge in [0.2, 0.25) is 17.8 Å². The highest BCUT2D eigenvalue weighted by Crippen LogP contribution is 2.32. The number of rotatable bonds is 3. The molecule has 0 aliphatic carbocycles. The summed E-state index contributed by atoms with van der Waals surface area (Å²) >= 11 is 0. The molecule has 42 heavy (non-hydrogen) atoms. The first-order valence-corrected chi connectivity index (χ1v) is 14.9. The Labute approximate surface area is 249 Å². The minimum absolute atomic E-state index is 0.360. The van der Waals surface area contributed by atoms with E-state index in [0.717, 1.165) is 33.9 Å². The summed E-state index contributed by atoms with van der Waals surface area (Å²) in [5.74, 6) is 4.35. The summed E-state index contributed by atoms with van der Waals surface area (Å²) in [6, 6.07) is 24.1. The van der Waals surface area contributed by atoms with Crippen LogP contribution in [0.4, 0.5) is 17.8 Å². The number of hydrogen-bond donors (Lipinski definition) is 0. The highest BCUT2D eigenvalue weighted by atomic mass is 16.5. The molecule has 0 saturated carbocycles. The van der Waals surface area contributed by atoms with Crippen molar-refractivity contribution < 1.29 is 14.2 Å². The Morgan fingerprint density at radius 3 is 0.976 bits per heavy atom. The number of anilines is 3. The summed E-state index contributed by atoms with van der Waals surface area (Å²) in [4.78, 5) is 20.7. The molecule has 4 heterocycles. The number of nitrogens with zero attached hydrogens (tertiary/aromatic N) is 6. The lowest BCUT2D eigenvalue weighted by atomic mass is 10.1. The van der Waals surface area contributed by atoms with E-state index >= 15 is 0 Å². The van der Waals surface area contributed by atoms with Crippen LogP contribution < -0.4 is 28.9 Å². The molecule has 1 aromatic heterocycles. The van der Waals surface area contributed by atoms with E-state index in [4.69, 9.17) is 29.2 Å². The Kier molecular flexibility index (Phi) is 10.8. The van der Waals surface area contributed by atoms with Crippen LogP contribution >= 0.6 is 0 Å². The molecular formula is C33H42N6O3. The number of fused-ring (bicyclic) bond motifs is 3. The largest absolute Gasteiger partial charge is 0.473 e. The van der Waals surface area contributed by atoms with Crippen LogP contribution in [0.5, 0.6) is 17.2 Å². The lowest BCUT2D eigenvalue weighted by Crippen LogP contribution is -2.38. The fourth-order valence-electron chi connectivity index (χ4n) is 4.67. The van der Waals surface area contributed by atoms with Crippen molar-refractivity contribution in [2.24, 2.45) is 0 Å². The maximum Gasteiger partial charge on any atom is 0.234 e. The number of ether oxygens (including phenoxy) is 3. The molecule has 0 unspecified atom stereocenters. The van der Waals surface area contributed by atoms with Gasteiger partial charge in [-0.15, -0.1) is 0 Å². The van der Waals surface area contributed by atoms with Crippen LogP contribution in [0.2, 0.25) is 0 Å². The second kappa shape index (κ2) is 14.9. The van der Waals surface area contributed by atoms with Gasteiger partial charge < -0.3 is 28.9 Å². The van der Waals surface area contributed by atoms with Gasteiger partial charge in [0, 0.05) is 16.7 Å². The van der Waals surface area contributed by atoms with Crippen molar-refractivity contribution in [2.45, 2.75) is 61.2 Å². The molecule has 3 aliphatic rings. The highest BCUT2D eigenvalue weighted by Gasteiger charge is 2.27. The Morgan fingerprint density at radius 1 is 0.429 bits per heavy atom. The van der Waals surface area contributed by atoms with Crippen LogP contribution in [0, 0.1) is 0 Å². The van der Waals surface area contributed by atoms with Crippen molar-refractivity contribution in [3.8, 4) is 17.2 Å². The van der Waals surface area contributed by atoms with E-state index in [1.165, 1.54) is 0 Å². The average Bonchev–Trinajstić information content (AvgIpc) is 3.10. The Bertz CT molecular complexity index is 1250. The normalized spacial score (nSPS) is 14.3. The third-order valence-corrected chi connectivity index (χ3v) is 6.58. The Balaban J connectivity index is 0.000000637. The average molecular weight is 571 g/mol. The van der Waals surface area contributed by atoms with Gasteiger partial charge in [-0.2, -0.15) is 15.0 Å². The minimum atomic E-state index is 0.360. The van der Waals surface area contributed by atoms with Gasteiger partial charge in [-0.3, -0.25) is 0 Å². The van der Waals surface area contributed by atoms with Gasteiger partial charge in [-0.05, 0) is 18.2 Å². The first-order chi connectivity index (χ1) is 20.8. The number of para-hydroxylation sites is 3. The molecular weight excluding hydrogens is 528 g/mol. The monoisotopic (exact) mass is 570 g/mol. The van der Waals surface area contributed by atoms with Gasteiger partial charge in [0.05, 0.1) is 19.6 Å². The van der Waals surface area contributed by atoms with E-state index in [1.54, 1.807) is 0 Å². The van der Waals surface area contributed by atoms with Crippen LogP contribution in [0.3, 0.4) is 0 Å². The third kappa shape index (κ3) is 6.67. The van der Waals surface area contributed by atoms with Crippen LogP contribution in [0.1, 0.15) is 58.2 Å². The number of aromatic nitrogens is 3. The zero-order valence-corrected chi connectivity index (χ0v) is 25.6. The molecule has 0 amide bonds. The van der Waals surface area contributed by atoms with Gasteiger partial charge in [-0.1, -0.05) is 96.1 Å². The molecule has 9 heteroatoms. The van der Waals surface area contributed by atoms with Gasteiger partial charge in [0.1, 0.15) is 17.2 Å². The molecule has 3 aromatic carbocycles. The van der Waals surface area contributed by atoms with E-state index in [1.807, 2.05) is 111 Å². The predicted molar refractivity (Wildman–Crippen MR) is 168 cm³/mol. The van der Waals surface area contributed by atoms with E-state index in [2.05, 4.69) is 18.2 Å². The summed E-state index contributed by atoms with van der Waals surface area (Å²) in [5.41, 5.74) is 3.29. The molecule has 7 rings (SSSR count). The summed E-state index contributed by atoms with van der Waals surface area (Å²) < 4.78 is 18.0. The first-order valence-electron chi connectivity index (χ1n) is 14.9. The maximum atomic E-state index is 6.00. The van der Waals surface area contributed by atoms with E-state index in [9.17, 15) is 0 Å². The molecule has 4 aromatic rings. The number of benzene rings is 3. The fourth-order valence-corrected chi connectivity index (χ4v) is 4.67. The second-order valence-electron chi connectivity index (χ2n) is 8.97. The number of hydrogen-bond acceptors (Lipinski definition) is 9. The van der Waals surface area contributed by atoms with Crippen LogP contribution in [-0.2, 0) is 19.6 Å². The topological polar surface area (TPSA) is 76.1 Å². The third-order valence-electron chi connectivity index (χ3n) is 6.58. The van der Waals surface area contributed by atoms with Gasteiger partial charge in [0.15, 0.2) is 20.2 Å². The van der Waals surface area contributed by atoms with E-state index in [-0.39, 0.29) is 0 Å². The maximum absolute atomic E-state index is 6.00. The lowest BCUT2D eigenvalue weighted by molar-refractivity contribution is 0.280. The molecule has 0 saturated heterocycles. The van der Waals surface area contributed by atoms with Gasteiger partial charge >= 0.3 is 0 Å². The summed E-state index contributed by atoms with van der Waals surface area (Å²) in [6.45, 7) is 15.0. The fraction of sp³-hybridized carbons (Fsp3) is 0.364. The zero-order chi connectivity index (χ0) is 29.9. The summed E-state index contributed by atoms with van der Waals surface area (Å²) in [6.07, 6.45) is 0. The summed E-state index contributed by atoms with van der Waals surface area (Å²) in [5, 5.41) is 0. The highest BCUT2D eigenvalue weighted by molar-refractivity contribution is 5.51. The van der Waals surface area contributed by atoms with Gasteiger partial charge in [-0.25, -0.2) is 0 Å². The quantitative estimate of drug-likeness (QED) is 0.258. The Hall–Kier alpha value is -4.53. The molecule has 0 spiro atoms. The van der Waals surface area contributed by atoms with Crippen molar-refractivity contribution in [3.63, 3.8) is 0 Å². The summed E-state index contributed by atoms with van der Waals surface area (Å²) in [7, 11) is 0. The molecule has 9 nitrogen and oxygen atoms in total. The lowest BCUT2D eigenvalue weighted by Gasteiger charge is -2.33. The van der Waals surface area contributed by atoms with Crippen molar-refractivity contribution in [1.82, 2.24) is 15.0 Å². The molecule has 222 valence electrons. The minimum Gasteiger partial charge on any atom is -0.473 e. The van der Waals surface area contributed by atoms with Crippen molar-refractivity contribution in [1.29, 1.82) is 0 Å². The standard InChI is InChI=1S/C27H24N6O3.3C2H6/c1-4-10-22-19(7-1)13-31(16-34-22)25-28-26(32-14-20-8-2-5-11-23(20)35-17-32)30-27(29-25)33-15-21-9-3-6-12-24(21)36-18-33;3*1-2/h1-12H,13-18H2;3*1-2H3. The van der Waals surface area contributed by atoms with E-state index < -0.39 is 0 Å². The molecule has 0 atom stereocenters. The van der Waals surface area contributed by atoms with E-state index in [0.29, 0.717) is 57.7 Å². The van der Waals surface area contributed by atoms with Gasteiger partial charge in [0.25, 0.3) is 0 Å². The van der Waals surface area contributed by atoms with Crippen LogP contribution in [0.25, 0.3) is 0 Å².